The molecule has 1 aromatic carbocycles. The first-order valence-electron chi connectivity index (χ1n) is 8.99. The molecular formula is C19H17BrN2O5S2. The number of carbonyl (C=O) groups is 2. The van der Waals surface area contributed by atoms with Crippen molar-refractivity contribution >= 4 is 54.9 Å². The van der Waals surface area contributed by atoms with E-state index in [1.807, 2.05) is 4.90 Å². The van der Waals surface area contributed by atoms with E-state index in [1.54, 1.807) is 36.4 Å². The Kier molecular flexibility index (Phi) is 5.58. The summed E-state index contributed by atoms with van der Waals surface area (Å²) in [5, 5.41) is 0. The lowest BCUT2D eigenvalue weighted by Crippen LogP contribution is -2.40. The van der Waals surface area contributed by atoms with E-state index < -0.39 is 16.0 Å². The lowest BCUT2D eigenvalue weighted by atomic mass is 9.96. The molecule has 29 heavy (non-hydrogen) atoms. The predicted molar refractivity (Wildman–Crippen MR) is 112 cm³/mol. The van der Waals surface area contributed by atoms with Crippen LogP contribution in [-0.2, 0) is 19.6 Å². The molecule has 0 aliphatic carbocycles. The Morgan fingerprint density at radius 2 is 1.90 bits per heavy atom. The van der Waals surface area contributed by atoms with Crippen molar-refractivity contribution in [2.75, 3.05) is 19.7 Å². The van der Waals surface area contributed by atoms with Gasteiger partial charge in [0.1, 0.15) is 4.90 Å². The first-order valence-corrected chi connectivity index (χ1v) is 12.0. The van der Waals surface area contributed by atoms with Gasteiger partial charge in [-0.2, -0.15) is 8.42 Å². The van der Waals surface area contributed by atoms with Crippen LogP contribution in [0.5, 0.6) is 0 Å². The molecule has 0 amide bonds. The van der Waals surface area contributed by atoms with E-state index in [0.717, 1.165) is 3.79 Å². The Morgan fingerprint density at radius 3 is 2.59 bits per heavy atom. The van der Waals surface area contributed by atoms with Crippen molar-refractivity contribution in [1.29, 1.82) is 0 Å². The zero-order valence-corrected chi connectivity index (χ0v) is 18.4. The van der Waals surface area contributed by atoms with Crippen LogP contribution in [0.1, 0.15) is 28.1 Å². The number of benzene rings is 1. The standard InChI is InChI=1S/C19H17BrN2O5S2/c20-17-6-5-15(28-17)14(23)11-27-19(24)12-7-9-22(10-8-12)18-13-3-1-2-4-16(13)29(25,26)21-18/h1-6,12H,7-11H2. The number of rotatable bonds is 4. The molecule has 10 heteroatoms. The van der Waals surface area contributed by atoms with Gasteiger partial charge < -0.3 is 9.64 Å². The number of halogens is 1. The second-order valence-corrected chi connectivity index (χ2v) is 10.8. The molecule has 3 heterocycles. The maximum Gasteiger partial charge on any atom is 0.309 e. The number of ether oxygens (including phenoxy) is 1. The number of sulfonamides is 1. The number of thiophene rings is 1. The Morgan fingerprint density at radius 1 is 1.17 bits per heavy atom. The van der Waals surface area contributed by atoms with Crippen LogP contribution in [0.3, 0.4) is 0 Å². The molecule has 0 N–H and O–H groups in total. The first-order chi connectivity index (χ1) is 13.8. The van der Waals surface area contributed by atoms with Crippen LogP contribution in [-0.4, -0.2) is 50.6 Å². The molecule has 7 nitrogen and oxygen atoms in total. The SMILES string of the molecule is O=C(COC(=O)C1CCN(C2=NS(=O)(=O)c3ccccc32)CC1)c1ccc(Br)s1. The lowest BCUT2D eigenvalue weighted by molar-refractivity contribution is -0.148. The Hall–Kier alpha value is -2.04. The third kappa shape index (κ3) is 4.15. The topological polar surface area (TPSA) is 93.1 Å². The summed E-state index contributed by atoms with van der Waals surface area (Å²) in [6, 6.07) is 10.2. The number of ketones is 1. The van der Waals surface area contributed by atoms with Gasteiger partial charge in [-0.25, -0.2) is 0 Å². The quantitative estimate of drug-likeness (QED) is 0.476. The highest BCUT2D eigenvalue weighted by Gasteiger charge is 2.34. The number of carbonyl (C=O) groups excluding carboxylic acids is 2. The summed E-state index contributed by atoms with van der Waals surface area (Å²) >= 11 is 4.60. The van der Waals surface area contributed by atoms with Crippen molar-refractivity contribution in [3.05, 3.63) is 50.6 Å². The summed E-state index contributed by atoms with van der Waals surface area (Å²) in [5.41, 5.74) is 0.598. The summed E-state index contributed by atoms with van der Waals surface area (Å²) in [5.74, 6) is -0.502. The molecule has 0 saturated carbocycles. The fourth-order valence-electron chi connectivity index (χ4n) is 3.43. The summed E-state index contributed by atoms with van der Waals surface area (Å²) in [6.45, 7) is 0.715. The zero-order valence-electron chi connectivity index (χ0n) is 15.2. The molecule has 0 unspecified atom stereocenters. The molecular weight excluding hydrogens is 480 g/mol. The highest BCUT2D eigenvalue weighted by molar-refractivity contribution is 9.11. The van der Waals surface area contributed by atoms with Crippen LogP contribution in [0, 0.1) is 5.92 Å². The smallest absolute Gasteiger partial charge is 0.309 e. The van der Waals surface area contributed by atoms with Gasteiger partial charge >= 0.3 is 5.97 Å². The van der Waals surface area contributed by atoms with E-state index in [-0.39, 0.29) is 23.2 Å². The molecule has 1 saturated heterocycles. The fraction of sp³-hybridized carbons (Fsp3) is 0.316. The van der Waals surface area contributed by atoms with E-state index in [9.17, 15) is 18.0 Å². The van der Waals surface area contributed by atoms with Gasteiger partial charge in [0.25, 0.3) is 10.0 Å². The van der Waals surface area contributed by atoms with Gasteiger partial charge in [0, 0.05) is 18.7 Å². The second kappa shape index (κ2) is 8.00. The number of hydrogen-bond acceptors (Lipinski definition) is 7. The highest BCUT2D eigenvalue weighted by atomic mass is 79.9. The van der Waals surface area contributed by atoms with E-state index in [4.69, 9.17) is 4.74 Å². The van der Waals surface area contributed by atoms with Crippen molar-refractivity contribution in [2.24, 2.45) is 10.3 Å². The molecule has 0 bridgehead atoms. The monoisotopic (exact) mass is 496 g/mol. The number of amidine groups is 1. The van der Waals surface area contributed by atoms with E-state index in [2.05, 4.69) is 20.3 Å². The van der Waals surface area contributed by atoms with Crippen molar-refractivity contribution in [3.8, 4) is 0 Å². The second-order valence-electron chi connectivity index (χ2n) is 6.78. The number of piperidine rings is 1. The summed E-state index contributed by atoms with van der Waals surface area (Å²) in [7, 11) is -3.66. The molecule has 2 aliphatic rings. The number of hydrogen-bond donors (Lipinski definition) is 0. The largest absolute Gasteiger partial charge is 0.457 e. The molecule has 4 rings (SSSR count). The van der Waals surface area contributed by atoms with Crippen molar-refractivity contribution < 1.29 is 22.7 Å². The molecule has 1 fully saturated rings. The molecule has 0 spiro atoms. The Balaban J connectivity index is 1.34. The summed E-state index contributed by atoms with van der Waals surface area (Å²) < 4.78 is 34.4. The van der Waals surface area contributed by atoms with Gasteiger partial charge in [0.15, 0.2) is 12.4 Å². The van der Waals surface area contributed by atoms with Crippen LogP contribution >= 0.6 is 27.3 Å². The average Bonchev–Trinajstić information content (AvgIpc) is 3.27. The first kappa shape index (κ1) is 20.2. The minimum Gasteiger partial charge on any atom is -0.457 e. The van der Waals surface area contributed by atoms with Gasteiger partial charge in [0.05, 0.1) is 14.6 Å². The van der Waals surface area contributed by atoms with E-state index in [1.165, 1.54) is 11.3 Å². The predicted octanol–water partition coefficient (Wildman–Crippen LogP) is 3.10. The van der Waals surface area contributed by atoms with Crippen LogP contribution in [0.4, 0.5) is 0 Å². The maximum atomic E-state index is 12.3. The normalized spacial score (nSPS) is 18.2. The fourth-order valence-corrected chi connectivity index (χ4v) is 5.97. The van der Waals surface area contributed by atoms with Crippen LogP contribution in [0.25, 0.3) is 0 Å². The number of likely N-dealkylation sites (tertiary alicyclic amines) is 1. The van der Waals surface area contributed by atoms with E-state index >= 15 is 0 Å². The third-order valence-electron chi connectivity index (χ3n) is 4.93. The van der Waals surface area contributed by atoms with Gasteiger partial charge in [-0.3, -0.25) is 9.59 Å². The van der Waals surface area contributed by atoms with Gasteiger partial charge in [0.2, 0.25) is 5.78 Å². The van der Waals surface area contributed by atoms with Gasteiger partial charge in [-0.15, -0.1) is 15.7 Å². The average molecular weight is 497 g/mol. The molecule has 152 valence electrons. The molecule has 2 aromatic rings. The molecule has 2 aliphatic heterocycles. The minimum atomic E-state index is -3.66. The summed E-state index contributed by atoms with van der Waals surface area (Å²) in [4.78, 5) is 27.1. The number of esters is 1. The lowest BCUT2D eigenvalue weighted by Gasteiger charge is -2.32. The molecule has 1 aromatic heterocycles. The number of fused-ring (bicyclic) bond motifs is 1. The minimum absolute atomic E-state index is 0.218. The number of nitrogens with zero attached hydrogens (tertiary/aromatic N) is 2. The number of Topliss-reactive ketones (excluding diaryl/α,β-unsaturated/α-hetero) is 1. The summed E-state index contributed by atoms with van der Waals surface area (Å²) in [6.07, 6.45) is 1.03. The van der Waals surface area contributed by atoms with Crippen molar-refractivity contribution in [1.82, 2.24) is 4.90 Å². The van der Waals surface area contributed by atoms with Gasteiger partial charge in [-0.1, -0.05) is 12.1 Å². The van der Waals surface area contributed by atoms with Crippen molar-refractivity contribution in [3.63, 3.8) is 0 Å². The van der Waals surface area contributed by atoms with Crippen LogP contribution in [0.15, 0.2) is 49.5 Å². The zero-order chi connectivity index (χ0) is 20.6. The Bertz CT molecular complexity index is 1100. The van der Waals surface area contributed by atoms with E-state index in [0.29, 0.717) is 42.2 Å². The van der Waals surface area contributed by atoms with Crippen molar-refractivity contribution in [2.45, 2.75) is 17.7 Å². The van der Waals surface area contributed by atoms with Crippen LogP contribution < -0.4 is 0 Å². The highest BCUT2D eigenvalue weighted by Crippen LogP contribution is 2.30. The molecule has 0 atom stereocenters. The Labute approximate surface area is 180 Å². The van der Waals surface area contributed by atoms with Crippen LogP contribution in [0.2, 0.25) is 0 Å². The third-order valence-corrected chi connectivity index (χ3v) is 7.92. The van der Waals surface area contributed by atoms with Gasteiger partial charge in [-0.05, 0) is 53.0 Å². The maximum absolute atomic E-state index is 12.3. The molecule has 0 radical (unpaired) electrons.